The molecule has 0 heterocycles. The third kappa shape index (κ3) is 6.65. The van der Waals surface area contributed by atoms with Crippen molar-refractivity contribution in [2.75, 3.05) is 6.61 Å². The van der Waals surface area contributed by atoms with E-state index in [4.69, 9.17) is 4.74 Å². The quantitative estimate of drug-likeness (QED) is 0.213. The summed E-state index contributed by atoms with van der Waals surface area (Å²) in [7, 11) is 0. The van der Waals surface area contributed by atoms with Gasteiger partial charge in [0.2, 0.25) is 0 Å². The number of unbranched alkanes of at least 4 members (excludes halogenated alkanes) is 1. The van der Waals surface area contributed by atoms with Gasteiger partial charge in [0.05, 0.1) is 12.2 Å². The van der Waals surface area contributed by atoms with E-state index in [-0.39, 0.29) is 17.7 Å². The summed E-state index contributed by atoms with van der Waals surface area (Å²) in [5.74, 6) is 7.50. The van der Waals surface area contributed by atoms with Crippen LogP contribution in [0.5, 0.6) is 5.75 Å². The zero-order valence-electron chi connectivity index (χ0n) is 19.1. The van der Waals surface area contributed by atoms with Crippen molar-refractivity contribution in [1.82, 2.24) is 0 Å². The zero-order valence-corrected chi connectivity index (χ0v) is 19.1. The summed E-state index contributed by atoms with van der Waals surface area (Å²) in [6.45, 7) is 4.14. The van der Waals surface area contributed by atoms with Crippen LogP contribution < -0.4 is 4.74 Å². The van der Waals surface area contributed by atoms with Crippen LogP contribution in [-0.2, 0) is 6.42 Å². The van der Waals surface area contributed by atoms with Gasteiger partial charge in [-0.1, -0.05) is 50.4 Å². The van der Waals surface area contributed by atoms with Crippen LogP contribution in [0.4, 0.5) is 17.6 Å². The molecule has 0 fully saturated rings. The monoisotopic (exact) mass is 464 g/mol. The van der Waals surface area contributed by atoms with E-state index in [1.165, 1.54) is 12.1 Å². The first-order valence-electron chi connectivity index (χ1n) is 11.1. The van der Waals surface area contributed by atoms with E-state index < -0.39 is 29.0 Å². The molecule has 0 N–H and O–H groups in total. The highest BCUT2D eigenvalue weighted by Crippen LogP contribution is 2.23. The minimum atomic E-state index is -0.798. The zero-order chi connectivity index (χ0) is 24.5. The summed E-state index contributed by atoms with van der Waals surface area (Å²) in [5, 5.41) is 0. The van der Waals surface area contributed by atoms with Crippen LogP contribution in [-0.4, -0.2) is 6.61 Å². The molecule has 0 aromatic heterocycles. The van der Waals surface area contributed by atoms with Gasteiger partial charge in [0, 0.05) is 16.7 Å². The summed E-state index contributed by atoms with van der Waals surface area (Å²) >= 11 is 0. The maximum Gasteiger partial charge on any atom is 0.190 e. The predicted molar refractivity (Wildman–Crippen MR) is 126 cm³/mol. The second-order valence-corrected chi connectivity index (χ2v) is 7.73. The lowest BCUT2D eigenvalue weighted by molar-refractivity contribution is 0.278. The number of hydrogen-bond donors (Lipinski definition) is 0. The number of ether oxygens (including phenoxy) is 1. The van der Waals surface area contributed by atoms with Crippen molar-refractivity contribution < 1.29 is 22.3 Å². The van der Waals surface area contributed by atoms with Crippen molar-refractivity contribution in [3.8, 4) is 29.4 Å². The standard InChI is InChI=1S/C29H24F4O/c1-3-5-15-34-29-27(32)18-23(19-28(29)33)12-11-20-7-9-21(10-8-20)13-14-24-25(30)16-22(6-4-2)17-26(24)31/h7-10,16-19H,3-6,15H2,1-2H3. The molecule has 1 nitrogen and oxygen atoms in total. The molecular weight excluding hydrogens is 440 g/mol. The first-order chi connectivity index (χ1) is 16.4. The van der Waals surface area contributed by atoms with Crippen LogP contribution in [0.2, 0.25) is 0 Å². The summed E-state index contributed by atoms with van der Waals surface area (Å²) in [6, 6.07) is 11.5. The van der Waals surface area contributed by atoms with Crippen molar-refractivity contribution in [2.24, 2.45) is 0 Å². The van der Waals surface area contributed by atoms with Crippen LogP contribution >= 0.6 is 0 Å². The van der Waals surface area contributed by atoms with Crippen LogP contribution in [0.25, 0.3) is 0 Å². The molecule has 0 spiro atoms. The molecule has 3 rings (SSSR count). The predicted octanol–water partition coefficient (Wildman–Crippen LogP) is 7.17. The fourth-order valence-corrected chi connectivity index (χ4v) is 3.18. The molecule has 3 aromatic carbocycles. The van der Waals surface area contributed by atoms with E-state index >= 15 is 0 Å². The molecule has 0 saturated carbocycles. The summed E-state index contributed by atoms with van der Waals surface area (Å²) < 4.78 is 61.9. The van der Waals surface area contributed by atoms with Gasteiger partial charge in [0.1, 0.15) is 11.6 Å². The van der Waals surface area contributed by atoms with Gasteiger partial charge in [-0.05, 0) is 66.9 Å². The third-order valence-electron chi connectivity index (χ3n) is 4.95. The van der Waals surface area contributed by atoms with Crippen LogP contribution in [0.3, 0.4) is 0 Å². The van der Waals surface area contributed by atoms with Crippen molar-refractivity contribution in [3.05, 3.63) is 99.6 Å². The molecule has 34 heavy (non-hydrogen) atoms. The Morgan fingerprint density at radius 2 is 1.18 bits per heavy atom. The van der Waals surface area contributed by atoms with Crippen LogP contribution in [0.15, 0.2) is 48.5 Å². The lowest BCUT2D eigenvalue weighted by Crippen LogP contribution is -2.01. The van der Waals surface area contributed by atoms with Crippen LogP contribution in [0.1, 0.15) is 60.9 Å². The summed E-state index contributed by atoms with van der Waals surface area (Å²) in [6.07, 6.45) is 2.95. The fraction of sp³-hybridized carbons (Fsp3) is 0.241. The molecule has 0 aliphatic carbocycles. The van der Waals surface area contributed by atoms with Crippen molar-refractivity contribution in [3.63, 3.8) is 0 Å². The molecule has 0 unspecified atom stereocenters. The normalized spacial score (nSPS) is 10.2. The number of rotatable bonds is 6. The molecule has 0 aliphatic rings. The molecule has 174 valence electrons. The Hall–Kier alpha value is -3.70. The van der Waals surface area contributed by atoms with Crippen LogP contribution in [0, 0.1) is 47.0 Å². The molecule has 0 radical (unpaired) electrons. The molecule has 5 heteroatoms. The smallest absolute Gasteiger partial charge is 0.190 e. The van der Waals surface area contributed by atoms with Gasteiger partial charge in [-0.2, -0.15) is 0 Å². The van der Waals surface area contributed by atoms with Gasteiger partial charge < -0.3 is 4.74 Å². The van der Waals surface area contributed by atoms with Gasteiger partial charge in [-0.15, -0.1) is 0 Å². The number of halogens is 4. The Bertz CT molecular complexity index is 1230. The first kappa shape index (κ1) is 24.9. The Balaban J connectivity index is 1.73. The lowest BCUT2D eigenvalue weighted by atomic mass is 10.1. The van der Waals surface area contributed by atoms with E-state index in [1.54, 1.807) is 24.3 Å². The van der Waals surface area contributed by atoms with Crippen molar-refractivity contribution in [1.29, 1.82) is 0 Å². The Kier molecular flexibility index (Phi) is 8.77. The van der Waals surface area contributed by atoms with E-state index in [2.05, 4.69) is 23.7 Å². The first-order valence-corrected chi connectivity index (χ1v) is 11.1. The summed E-state index contributed by atoms with van der Waals surface area (Å²) in [4.78, 5) is 0. The molecular formula is C29H24F4O. The average Bonchev–Trinajstić information content (AvgIpc) is 2.80. The molecule has 0 saturated heterocycles. The Labute approximate surface area is 197 Å². The maximum absolute atomic E-state index is 14.2. The van der Waals surface area contributed by atoms with Gasteiger partial charge >= 0.3 is 0 Å². The fourth-order valence-electron chi connectivity index (χ4n) is 3.18. The topological polar surface area (TPSA) is 9.23 Å². The molecule has 0 bridgehead atoms. The molecule has 0 amide bonds. The van der Waals surface area contributed by atoms with Gasteiger partial charge in [0.25, 0.3) is 0 Å². The van der Waals surface area contributed by atoms with E-state index in [0.29, 0.717) is 29.5 Å². The van der Waals surface area contributed by atoms with E-state index in [9.17, 15) is 17.6 Å². The second kappa shape index (κ2) is 12.0. The minimum Gasteiger partial charge on any atom is -0.488 e. The van der Waals surface area contributed by atoms with E-state index in [1.807, 2.05) is 13.8 Å². The number of benzene rings is 3. The largest absolute Gasteiger partial charge is 0.488 e. The lowest BCUT2D eigenvalue weighted by Gasteiger charge is -2.07. The average molecular weight is 465 g/mol. The van der Waals surface area contributed by atoms with Gasteiger partial charge in [0.15, 0.2) is 17.4 Å². The number of aryl methyl sites for hydroxylation is 1. The highest BCUT2D eigenvalue weighted by molar-refractivity contribution is 5.49. The summed E-state index contributed by atoms with van der Waals surface area (Å²) in [5.41, 5.74) is 1.65. The third-order valence-corrected chi connectivity index (χ3v) is 4.95. The maximum atomic E-state index is 14.2. The molecule has 0 atom stereocenters. The van der Waals surface area contributed by atoms with Crippen molar-refractivity contribution in [2.45, 2.75) is 39.5 Å². The Morgan fingerprint density at radius 3 is 1.71 bits per heavy atom. The molecule has 3 aromatic rings. The highest BCUT2D eigenvalue weighted by atomic mass is 19.1. The van der Waals surface area contributed by atoms with Gasteiger partial charge in [-0.25, -0.2) is 17.6 Å². The van der Waals surface area contributed by atoms with Crippen molar-refractivity contribution >= 4 is 0 Å². The van der Waals surface area contributed by atoms with E-state index in [0.717, 1.165) is 25.0 Å². The minimum absolute atomic E-state index is 0.180. The van der Waals surface area contributed by atoms with Gasteiger partial charge in [-0.3, -0.25) is 0 Å². The number of hydrogen-bond acceptors (Lipinski definition) is 1. The Morgan fingerprint density at radius 1 is 0.647 bits per heavy atom. The molecule has 0 aliphatic heterocycles. The SMILES string of the molecule is CCCCOc1c(F)cc(C#Cc2ccc(C#Cc3c(F)cc(CCC)cc3F)cc2)cc1F. The second-order valence-electron chi connectivity index (χ2n) is 7.73. The highest BCUT2D eigenvalue weighted by Gasteiger charge is 2.12.